The first-order valence-electron chi connectivity index (χ1n) is 9.96. The number of para-hydroxylation sites is 1. The van der Waals surface area contributed by atoms with E-state index in [1.165, 1.54) is 18.5 Å². The van der Waals surface area contributed by atoms with E-state index in [1.807, 2.05) is 11.0 Å². The number of piperidine rings is 1. The summed E-state index contributed by atoms with van der Waals surface area (Å²) in [4.78, 5) is 29.1. The number of fused-ring (bicyclic) bond motifs is 5. The highest BCUT2D eigenvalue weighted by atomic mass is 79.9. The van der Waals surface area contributed by atoms with Gasteiger partial charge in [-0.2, -0.15) is 0 Å². The fraction of sp³-hybridized carbons (Fsp3) is 0.524. The SMILES string of the molecule is O=C1CN2CCCCC2c2c1c1ccccc1n2CCCN1CC(Br)C1=O. The summed E-state index contributed by atoms with van der Waals surface area (Å²) in [5.41, 5.74) is 3.34. The summed E-state index contributed by atoms with van der Waals surface area (Å²) in [6, 6.07) is 8.67. The zero-order valence-corrected chi connectivity index (χ0v) is 17.0. The molecule has 27 heavy (non-hydrogen) atoms. The number of carbonyl (C=O) groups is 2. The Kier molecular flexibility index (Phi) is 4.36. The molecule has 5 nitrogen and oxygen atoms in total. The minimum absolute atomic E-state index is 0.00564. The standard InChI is InChI=1S/C21H24BrN3O2/c22-15-12-24(21(15)27)10-5-11-25-16-7-2-1-6-14(16)19-18(26)13-23-9-4-3-8-17(23)20(19)25/h1-2,6-7,15,17H,3-5,8-13H2. The van der Waals surface area contributed by atoms with Gasteiger partial charge in [-0.25, -0.2) is 0 Å². The Morgan fingerprint density at radius 2 is 1.96 bits per heavy atom. The molecule has 2 saturated heterocycles. The summed E-state index contributed by atoms with van der Waals surface area (Å²) in [7, 11) is 0. The molecule has 0 radical (unpaired) electrons. The van der Waals surface area contributed by atoms with Crippen LogP contribution < -0.4 is 0 Å². The lowest BCUT2D eigenvalue weighted by molar-refractivity contribution is -0.138. The van der Waals surface area contributed by atoms with Gasteiger partial charge in [0.15, 0.2) is 5.78 Å². The van der Waals surface area contributed by atoms with Crippen molar-refractivity contribution in [3.8, 4) is 0 Å². The molecule has 2 aromatic rings. The van der Waals surface area contributed by atoms with Gasteiger partial charge in [0, 0.05) is 41.8 Å². The minimum Gasteiger partial charge on any atom is -0.342 e. The number of aryl methyl sites for hydroxylation is 1. The topological polar surface area (TPSA) is 45.6 Å². The number of rotatable bonds is 4. The van der Waals surface area contributed by atoms with E-state index in [1.54, 1.807) is 0 Å². The molecule has 0 spiro atoms. The third kappa shape index (κ3) is 2.76. The van der Waals surface area contributed by atoms with Gasteiger partial charge in [0.2, 0.25) is 5.91 Å². The predicted molar refractivity (Wildman–Crippen MR) is 108 cm³/mol. The smallest absolute Gasteiger partial charge is 0.238 e. The van der Waals surface area contributed by atoms with Crippen molar-refractivity contribution in [2.24, 2.45) is 0 Å². The monoisotopic (exact) mass is 429 g/mol. The Morgan fingerprint density at radius 3 is 2.78 bits per heavy atom. The van der Waals surface area contributed by atoms with E-state index in [2.05, 4.69) is 43.6 Å². The molecule has 1 aromatic heterocycles. The molecule has 1 amide bonds. The van der Waals surface area contributed by atoms with Gasteiger partial charge in [0.25, 0.3) is 0 Å². The number of benzene rings is 1. The highest BCUT2D eigenvalue weighted by Crippen LogP contribution is 2.41. The van der Waals surface area contributed by atoms with Crippen LogP contribution >= 0.6 is 15.9 Å². The average molecular weight is 430 g/mol. The van der Waals surface area contributed by atoms with Crippen LogP contribution in [0.15, 0.2) is 24.3 Å². The largest absolute Gasteiger partial charge is 0.342 e. The fourth-order valence-corrected chi connectivity index (χ4v) is 5.66. The van der Waals surface area contributed by atoms with Gasteiger partial charge in [-0.15, -0.1) is 0 Å². The van der Waals surface area contributed by atoms with E-state index in [0.717, 1.165) is 55.5 Å². The summed E-state index contributed by atoms with van der Waals surface area (Å²) < 4.78 is 2.38. The van der Waals surface area contributed by atoms with Gasteiger partial charge < -0.3 is 9.47 Å². The second-order valence-electron chi connectivity index (χ2n) is 7.94. The van der Waals surface area contributed by atoms with Crippen molar-refractivity contribution in [2.75, 3.05) is 26.2 Å². The Bertz CT molecular complexity index is 922. The minimum atomic E-state index is 0.00564. The van der Waals surface area contributed by atoms with Crippen molar-refractivity contribution < 1.29 is 9.59 Å². The quantitative estimate of drug-likeness (QED) is 0.552. The molecule has 2 unspecified atom stereocenters. The summed E-state index contributed by atoms with van der Waals surface area (Å²) in [5, 5.41) is 1.10. The maximum Gasteiger partial charge on any atom is 0.238 e. The Balaban J connectivity index is 1.50. The van der Waals surface area contributed by atoms with E-state index in [9.17, 15) is 9.59 Å². The van der Waals surface area contributed by atoms with Crippen LogP contribution in [0.4, 0.5) is 0 Å². The Labute approximate surface area is 167 Å². The number of likely N-dealkylation sites (tertiary alicyclic amines) is 1. The van der Waals surface area contributed by atoms with Gasteiger partial charge in [0.05, 0.1) is 12.6 Å². The molecule has 6 heteroatoms. The van der Waals surface area contributed by atoms with Crippen LogP contribution in [0.2, 0.25) is 0 Å². The number of β-lactam (4-membered cyclic amide) rings is 1. The number of nitrogens with zero attached hydrogens (tertiary/aromatic N) is 3. The van der Waals surface area contributed by atoms with Crippen LogP contribution in [0.5, 0.6) is 0 Å². The van der Waals surface area contributed by atoms with Crippen molar-refractivity contribution in [3.63, 3.8) is 0 Å². The summed E-state index contributed by atoms with van der Waals surface area (Å²) in [5.74, 6) is 0.459. The summed E-state index contributed by atoms with van der Waals surface area (Å²) >= 11 is 3.38. The lowest BCUT2D eigenvalue weighted by atomic mass is 9.90. The molecule has 0 N–H and O–H groups in total. The molecule has 2 fully saturated rings. The second kappa shape index (κ2) is 6.74. The number of carbonyl (C=O) groups excluding carboxylic acids is 2. The van der Waals surface area contributed by atoms with Crippen LogP contribution in [-0.2, 0) is 11.3 Å². The molecule has 4 heterocycles. The van der Waals surface area contributed by atoms with E-state index >= 15 is 0 Å². The van der Waals surface area contributed by atoms with Gasteiger partial charge in [-0.05, 0) is 31.9 Å². The third-order valence-corrected chi connectivity index (χ3v) is 7.02. The maximum absolute atomic E-state index is 13.0. The predicted octanol–water partition coefficient (Wildman–Crippen LogP) is 3.36. The lowest BCUT2D eigenvalue weighted by Gasteiger charge is -2.39. The van der Waals surface area contributed by atoms with Crippen molar-refractivity contribution in [1.82, 2.24) is 14.4 Å². The fourth-order valence-electron chi connectivity index (χ4n) is 5.03. The number of aromatic nitrogens is 1. The summed E-state index contributed by atoms with van der Waals surface area (Å²) in [6.45, 7) is 4.01. The van der Waals surface area contributed by atoms with Crippen LogP contribution in [0, 0.1) is 0 Å². The van der Waals surface area contributed by atoms with Crippen molar-refractivity contribution in [3.05, 3.63) is 35.5 Å². The van der Waals surface area contributed by atoms with Crippen LogP contribution in [0.1, 0.15) is 47.8 Å². The third-order valence-electron chi connectivity index (χ3n) is 6.34. The molecule has 142 valence electrons. The van der Waals surface area contributed by atoms with Gasteiger partial charge >= 0.3 is 0 Å². The second-order valence-corrected chi connectivity index (χ2v) is 9.04. The lowest BCUT2D eigenvalue weighted by Crippen LogP contribution is -2.53. The molecule has 1 aromatic carbocycles. The number of hydrogen-bond donors (Lipinski definition) is 0. The number of hydrogen-bond acceptors (Lipinski definition) is 3. The first kappa shape index (κ1) is 17.4. The normalized spacial score (nSPS) is 25.4. The van der Waals surface area contributed by atoms with Crippen molar-refractivity contribution >= 4 is 38.5 Å². The number of Topliss-reactive ketones (excluding diaryl/α,β-unsaturated/α-hetero) is 1. The number of amides is 1. The molecule has 0 saturated carbocycles. The number of alkyl halides is 1. The van der Waals surface area contributed by atoms with Gasteiger partial charge in [-0.3, -0.25) is 14.5 Å². The van der Waals surface area contributed by atoms with E-state index in [4.69, 9.17) is 0 Å². The Hall–Kier alpha value is -1.66. The number of ketones is 1. The van der Waals surface area contributed by atoms with Gasteiger partial charge in [0.1, 0.15) is 4.83 Å². The number of halogens is 1. The van der Waals surface area contributed by atoms with Gasteiger partial charge in [-0.1, -0.05) is 40.5 Å². The molecule has 0 bridgehead atoms. The average Bonchev–Trinajstić information content (AvgIpc) is 3.03. The van der Waals surface area contributed by atoms with Crippen LogP contribution in [-0.4, -0.2) is 57.1 Å². The highest BCUT2D eigenvalue weighted by Gasteiger charge is 2.38. The van der Waals surface area contributed by atoms with Crippen LogP contribution in [0.25, 0.3) is 10.9 Å². The first-order chi connectivity index (χ1) is 13.1. The molecular weight excluding hydrogens is 406 g/mol. The zero-order valence-electron chi connectivity index (χ0n) is 15.4. The maximum atomic E-state index is 13.0. The molecular formula is C21H24BrN3O2. The zero-order chi connectivity index (χ0) is 18.5. The molecule has 3 aliphatic heterocycles. The van der Waals surface area contributed by atoms with Crippen molar-refractivity contribution in [2.45, 2.75) is 43.1 Å². The van der Waals surface area contributed by atoms with Crippen molar-refractivity contribution in [1.29, 1.82) is 0 Å². The molecule has 3 aliphatic rings. The first-order valence-corrected chi connectivity index (χ1v) is 10.9. The molecule has 0 aliphatic carbocycles. The molecule has 2 atom stereocenters. The highest BCUT2D eigenvalue weighted by molar-refractivity contribution is 9.10. The summed E-state index contributed by atoms with van der Waals surface area (Å²) in [6.07, 6.45) is 4.46. The van der Waals surface area contributed by atoms with E-state index in [-0.39, 0.29) is 16.5 Å². The van der Waals surface area contributed by atoms with Crippen LogP contribution in [0.3, 0.4) is 0 Å². The Morgan fingerprint density at radius 1 is 1.11 bits per heavy atom. The van der Waals surface area contributed by atoms with E-state index < -0.39 is 0 Å². The molecule has 5 rings (SSSR count). The van der Waals surface area contributed by atoms with E-state index in [0.29, 0.717) is 12.6 Å².